The van der Waals surface area contributed by atoms with Crippen LogP contribution in [0.3, 0.4) is 0 Å². The van der Waals surface area contributed by atoms with E-state index in [2.05, 4.69) is 23.7 Å². The monoisotopic (exact) mass is 298 g/mol. The van der Waals surface area contributed by atoms with E-state index in [0.717, 1.165) is 26.2 Å². The van der Waals surface area contributed by atoms with Crippen LogP contribution in [0.2, 0.25) is 0 Å². The molecule has 1 aliphatic rings. The van der Waals surface area contributed by atoms with Gasteiger partial charge in [0.15, 0.2) is 6.21 Å². The Kier molecular flexibility index (Phi) is 7.55. The standard InChI is InChI=1S/C15H25ClN3O/c1-4-18(5-2)10-9-17-12-13-7-8-14(16)11-15(13)19(20)6-3/h6-8,11-13,15,20H,4-5,9-10H2,1-3H3/q+1/b17-12?,19-6+. The van der Waals surface area contributed by atoms with Crippen LogP contribution in [0.4, 0.5) is 0 Å². The summed E-state index contributed by atoms with van der Waals surface area (Å²) < 4.78 is 1.17. The van der Waals surface area contributed by atoms with Gasteiger partial charge in [0.25, 0.3) is 0 Å². The SMILES string of the molecule is C/C=[N+](/O)C1C=C(Cl)C=CC1C=NCCN(CC)CC. The van der Waals surface area contributed by atoms with Crippen LogP contribution < -0.4 is 0 Å². The Hall–Kier alpha value is -1.13. The van der Waals surface area contributed by atoms with Gasteiger partial charge < -0.3 is 4.90 Å². The number of nitrogens with zero attached hydrogens (tertiary/aromatic N) is 3. The lowest BCUT2D eigenvalue weighted by molar-refractivity contribution is -0.791. The molecule has 0 aromatic carbocycles. The third-order valence-electron chi connectivity index (χ3n) is 3.49. The Bertz CT molecular complexity index is 411. The van der Waals surface area contributed by atoms with E-state index < -0.39 is 0 Å². The molecule has 2 unspecified atom stereocenters. The Labute approximate surface area is 126 Å². The van der Waals surface area contributed by atoms with Crippen molar-refractivity contribution in [3.8, 4) is 0 Å². The highest BCUT2D eigenvalue weighted by molar-refractivity contribution is 6.31. The zero-order chi connectivity index (χ0) is 15.0. The van der Waals surface area contributed by atoms with Crippen molar-refractivity contribution in [1.82, 2.24) is 4.90 Å². The number of halogens is 1. The minimum absolute atomic E-state index is 0.0374. The summed E-state index contributed by atoms with van der Waals surface area (Å²) in [5.74, 6) is 0.0374. The van der Waals surface area contributed by atoms with Crippen molar-refractivity contribution >= 4 is 24.0 Å². The predicted molar refractivity (Wildman–Crippen MR) is 85.3 cm³/mol. The van der Waals surface area contributed by atoms with Gasteiger partial charge in [-0.25, -0.2) is 0 Å². The maximum absolute atomic E-state index is 9.86. The van der Waals surface area contributed by atoms with Crippen LogP contribution in [0, 0.1) is 5.92 Å². The van der Waals surface area contributed by atoms with Crippen molar-refractivity contribution in [3.05, 3.63) is 23.3 Å². The first kappa shape index (κ1) is 16.9. The van der Waals surface area contributed by atoms with Gasteiger partial charge in [-0.3, -0.25) is 10.2 Å². The highest BCUT2D eigenvalue weighted by atomic mass is 35.5. The van der Waals surface area contributed by atoms with Gasteiger partial charge in [0, 0.05) is 30.8 Å². The molecule has 0 saturated carbocycles. The molecule has 20 heavy (non-hydrogen) atoms. The number of likely N-dealkylation sites (N-methyl/N-ethyl adjacent to an activating group) is 1. The minimum Gasteiger partial charge on any atom is -0.302 e. The fraction of sp³-hybridized carbons (Fsp3) is 0.600. The molecule has 1 N–H and O–H groups in total. The van der Waals surface area contributed by atoms with Crippen LogP contribution >= 0.6 is 11.6 Å². The van der Waals surface area contributed by atoms with Crippen molar-refractivity contribution in [3.63, 3.8) is 0 Å². The molecule has 112 valence electrons. The fourth-order valence-electron chi connectivity index (χ4n) is 2.14. The van der Waals surface area contributed by atoms with E-state index >= 15 is 0 Å². The predicted octanol–water partition coefficient (Wildman–Crippen LogP) is 2.57. The summed E-state index contributed by atoms with van der Waals surface area (Å²) in [4.78, 5) is 6.81. The largest absolute Gasteiger partial charge is 0.302 e. The molecule has 0 amide bonds. The van der Waals surface area contributed by atoms with Crippen LogP contribution in [-0.4, -0.2) is 59.5 Å². The lowest BCUT2D eigenvalue weighted by Crippen LogP contribution is -2.32. The molecular formula is C15H25ClN3O+. The van der Waals surface area contributed by atoms with Gasteiger partial charge in [-0.05, 0) is 23.9 Å². The van der Waals surface area contributed by atoms with Gasteiger partial charge in [0.2, 0.25) is 6.04 Å². The maximum atomic E-state index is 9.86. The minimum atomic E-state index is -0.185. The van der Waals surface area contributed by atoms with E-state index in [1.54, 1.807) is 13.1 Å². The van der Waals surface area contributed by atoms with Crippen LogP contribution in [0.5, 0.6) is 0 Å². The number of hydrogen-bond donors (Lipinski definition) is 1. The first-order valence-corrected chi connectivity index (χ1v) is 7.54. The number of rotatable bonds is 7. The molecule has 0 fully saturated rings. The Morgan fingerprint density at radius 2 is 2.15 bits per heavy atom. The molecule has 2 atom stereocenters. The second-order valence-corrected chi connectivity index (χ2v) is 5.14. The summed E-state index contributed by atoms with van der Waals surface area (Å²) in [7, 11) is 0. The van der Waals surface area contributed by atoms with Gasteiger partial charge >= 0.3 is 0 Å². The summed E-state index contributed by atoms with van der Waals surface area (Å²) in [5.41, 5.74) is 0. The van der Waals surface area contributed by atoms with Crippen molar-refractivity contribution < 1.29 is 9.95 Å². The Balaban J connectivity index is 2.59. The zero-order valence-electron chi connectivity index (χ0n) is 12.5. The first-order valence-electron chi connectivity index (χ1n) is 7.16. The maximum Gasteiger partial charge on any atom is 0.232 e. The number of hydrogen-bond acceptors (Lipinski definition) is 3. The number of hydroxylamine groups is 1. The van der Waals surface area contributed by atoms with Crippen molar-refractivity contribution in [2.24, 2.45) is 10.9 Å². The van der Waals surface area contributed by atoms with E-state index in [1.807, 2.05) is 24.4 Å². The van der Waals surface area contributed by atoms with Crippen LogP contribution in [0.25, 0.3) is 0 Å². The highest BCUT2D eigenvalue weighted by Gasteiger charge is 2.28. The summed E-state index contributed by atoms with van der Waals surface area (Å²) >= 11 is 5.99. The average Bonchev–Trinajstić information content (AvgIpc) is 2.47. The third kappa shape index (κ3) is 5.10. The second kappa shape index (κ2) is 8.93. The van der Waals surface area contributed by atoms with E-state index in [1.165, 1.54) is 4.74 Å². The summed E-state index contributed by atoms with van der Waals surface area (Å²) in [6.45, 7) is 9.92. The molecule has 0 saturated heterocycles. The van der Waals surface area contributed by atoms with E-state index in [9.17, 15) is 5.21 Å². The molecule has 0 bridgehead atoms. The lowest BCUT2D eigenvalue weighted by atomic mass is 9.96. The molecular weight excluding hydrogens is 274 g/mol. The lowest BCUT2D eigenvalue weighted by Gasteiger charge is -2.17. The van der Waals surface area contributed by atoms with Crippen LogP contribution in [0.1, 0.15) is 20.8 Å². The highest BCUT2D eigenvalue weighted by Crippen LogP contribution is 2.20. The smallest absolute Gasteiger partial charge is 0.232 e. The van der Waals surface area contributed by atoms with E-state index in [-0.39, 0.29) is 12.0 Å². The normalized spacial score (nSPS) is 23.6. The van der Waals surface area contributed by atoms with E-state index in [4.69, 9.17) is 11.6 Å². The van der Waals surface area contributed by atoms with Gasteiger partial charge in [-0.15, -0.1) is 0 Å². The van der Waals surface area contributed by atoms with Gasteiger partial charge in [-0.1, -0.05) is 31.5 Å². The molecule has 0 spiro atoms. The summed E-state index contributed by atoms with van der Waals surface area (Å²) in [6, 6.07) is -0.185. The summed E-state index contributed by atoms with van der Waals surface area (Å²) in [5, 5.41) is 10.5. The molecule has 0 radical (unpaired) electrons. The van der Waals surface area contributed by atoms with Crippen molar-refractivity contribution in [2.75, 3.05) is 26.2 Å². The molecule has 0 heterocycles. The Morgan fingerprint density at radius 1 is 1.45 bits per heavy atom. The molecule has 4 nitrogen and oxygen atoms in total. The number of allylic oxidation sites excluding steroid dienone is 2. The topological polar surface area (TPSA) is 38.8 Å². The molecule has 1 aliphatic carbocycles. The zero-order valence-corrected chi connectivity index (χ0v) is 13.3. The van der Waals surface area contributed by atoms with E-state index in [0.29, 0.717) is 5.03 Å². The Morgan fingerprint density at radius 3 is 2.75 bits per heavy atom. The van der Waals surface area contributed by atoms with Gasteiger partial charge in [-0.2, -0.15) is 0 Å². The van der Waals surface area contributed by atoms with Crippen molar-refractivity contribution in [2.45, 2.75) is 26.8 Å². The molecule has 5 heteroatoms. The molecule has 1 rings (SSSR count). The first-order chi connectivity index (χ1) is 9.62. The summed E-state index contributed by atoms with van der Waals surface area (Å²) in [6.07, 6.45) is 9.18. The van der Waals surface area contributed by atoms with Crippen LogP contribution in [0.15, 0.2) is 28.3 Å². The van der Waals surface area contributed by atoms with Gasteiger partial charge in [0.05, 0.1) is 12.5 Å². The van der Waals surface area contributed by atoms with Crippen LogP contribution in [-0.2, 0) is 0 Å². The van der Waals surface area contributed by atoms with Gasteiger partial charge in [0.1, 0.15) is 0 Å². The fourth-order valence-corrected chi connectivity index (χ4v) is 2.35. The molecule has 0 aromatic heterocycles. The average molecular weight is 299 g/mol. The quantitative estimate of drug-likeness (QED) is 0.339. The van der Waals surface area contributed by atoms with Crippen molar-refractivity contribution in [1.29, 1.82) is 0 Å². The molecule has 0 aromatic rings. The number of aliphatic imine (C=N–C) groups is 1. The third-order valence-corrected chi connectivity index (χ3v) is 3.74. The molecule has 0 aliphatic heterocycles. The second-order valence-electron chi connectivity index (χ2n) is 4.70.